The van der Waals surface area contributed by atoms with E-state index in [-0.39, 0.29) is 0 Å². The lowest BCUT2D eigenvalue weighted by Gasteiger charge is -2.08. The summed E-state index contributed by atoms with van der Waals surface area (Å²) in [6, 6.07) is 18.3. The molecule has 102 valence electrons. The van der Waals surface area contributed by atoms with E-state index in [0.717, 1.165) is 33.4 Å². The zero-order valence-electron chi connectivity index (χ0n) is 11.2. The van der Waals surface area contributed by atoms with Gasteiger partial charge >= 0.3 is 0 Å². The van der Waals surface area contributed by atoms with E-state index < -0.39 is 0 Å². The van der Waals surface area contributed by atoms with Gasteiger partial charge in [-0.25, -0.2) is 4.98 Å². The maximum atomic E-state index is 6.08. The highest BCUT2D eigenvalue weighted by atomic mass is 35.5. The van der Waals surface area contributed by atoms with Gasteiger partial charge in [0, 0.05) is 17.3 Å². The summed E-state index contributed by atoms with van der Waals surface area (Å²) in [6.07, 6.45) is 1.80. The maximum Gasteiger partial charge on any atom is 0.129 e. The first-order chi connectivity index (χ1) is 10.4. The molecule has 0 aliphatic carbocycles. The summed E-state index contributed by atoms with van der Waals surface area (Å²) in [7, 11) is 0. The SMILES string of the molecule is ClCc1nc2ccccc2n1-c1ccc2ncccc2c1. The molecule has 0 aliphatic rings. The van der Waals surface area contributed by atoms with Gasteiger partial charge in [0.05, 0.1) is 22.4 Å². The Hall–Kier alpha value is -2.39. The van der Waals surface area contributed by atoms with Crippen LogP contribution in [0.2, 0.25) is 0 Å². The molecule has 0 atom stereocenters. The number of benzene rings is 2. The molecule has 0 spiro atoms. The van der Waals surface area contributed by atoms with Gasteiger partial charge in [0.1, 0.15) is 5.82 Å². The van der Waals surface area contributed by atoms with Gasteiger partial charge in [-0.1, -0.05) is 18.2 Å². The normalized spacial score (nSPS) is 11.3. The molecule has 4 heteroatoms. The van der Waals surface area contributed by atoms with Gasteiger partial charge in [-0.3, -0.25) is 9.55 Å². The Morgan fingerprint density at radius 1 is 0.952 bits per heavy atom. The number of imidazole rings is 1. The molecule has 21 heavy (non-hydrogen) atoms. The first kappa shape index (κ1) is 12.4. The minimum atomic E-state index is 0.375. The number of hydrogen-bond acceptors (Lipinski definition) is 2. The Bertz CT molecular complexity index is 943. The van der Waals surface area contributed by atoms with E-state index in [9.17, 15) is 0 Å². The zero-order chi connectivity index (χ0) is 14.2. The summed E-state index contributed by atoms with van der Waals surface area (Å²) in [5.74, 6) is 1.22. The number of rotatable bonds is 2. The van der Waals surface area contributed by atoms with Gasteiger partial charge in [0.25, 0.3) is 0 Å². The number of aromatic nitrogens is 3. The van der Waals surface area contributed by atoms with Crippen molar-refractivity contribution >= 4 is 33.5 Å². The zero-order valence-corrected chi connectivity index (χ0v) is 12.0. The number of halogens is 1. The highest BCUT2D eigenvalue weighted by Crippen LogP contribution is 2.24. The fraction of sp³-hybridized carbons (Fsp3) is 0.0588. The van der Waals surface area contributed by atoms with E-state index in [1.165, 1.54) is 0 Å². The molecule has 2 aromatic heterocycles. The molecule has 0 fully saturated rings. The molecule has 4 rings (SSSR count). The second kappa shape index (κ2) is 4.86. The van der Waals surface area contributed by atoms with Gasteiger partial charge in [-0.2, -0.15) is 0 Å². The van der Waals surface area contributed by atoms with Gasteiger partial charge in [-0.05, 0) is 36.4 Å². The third kappa shape index (κ3) is 1.98. The molecular weight excluding hydrogens is 282 g/mol. The molecule has 0 unspecified atom stereocenters. The highest BCUT2D eigenvalue weighted by Gasteiger charge is 2.11. The Labute approximate surface area is 126 Å². The number of nitrogens with zero attached hydrogens (tertiary/aromatic N) is 3. The lowest BCUT2D eigenvalue weighted by molar-refractivity contribution is 0.983. The minimum Gasteiger partial charge on any atom is -0.295 e. The van der Waals surface area contributed by atoms with Crippen LogP contribution in [0.3, 0.4) is 0 Å². The van der Waals surface area contributed by atoms with Crippen molar-refractivity contribution in [3.05, 3.63) is 66.6 Å². The predicted octanol–water partition coefficient (Wildman–Crippen LogP) is 4.31. The van der Waals surface area contributed by atoms with Crippen LogP contribution in [0.1, 0.15) is 5.82 Å². The molecule has 0 radical (unpaired) electrons. The van der Waals surface area contributed by atoms with Crippen LogP contribution in [0.5, 0.6) is 0 Å². The first-order valence-corrected chi connectivity index (χ1v) is 7.28. The lowest BCUT2D eigenvalue weighted by Crippen LogP contribution is -1.99. The molecule has 0 aliphatic heterocycles. The Morgan fingerprint density at radius 2 is 1.86 bits per heavy atom. The van der Waals surface area contributed by atoms with Gasteiger partial charge in [0.2, 0.25) is 0 Å². The number of fused-ring (bicyclic) bond motifs is 2. The van der Waals surface area contributed by atoms with Gasteiger partial charge < -0.3 is 0 Å². The van der Waals surface area contributed by atoms with E-state index in [0.29, 0.717) is 5.88 Å². The Balaban J connectivity index is 2.03. The highest BCUT2D eigenvalue weighted by molar-refractivity contribution is 6.17. The molecule has 0 amide bonds. The summed E-state index contributed by atoms with van der Waals surface area (Å²) in [6.45, 7) is 0. The summed E-state index contributed by atoms with van der Waals surface area (Å²) in [4.78, 5) is 8.96. The maximum absolute atomic E-state index is 6.08. The monoisotopic (exact) mass is 293 g/mol. The van der Waals surface area contributed by atoms with Crippen LogP contribution < -0.4 is 0 Å². The third-order valence-corrected chi connectivity index (χ3v) is 3.83. The number of hydrogen-bond donors (Lipinski definition) is 0. The predicted molar refractivity (Wildman–Crippen MR) is 85.9 cm³/mol. The van der Waals surface area contributed by atoms with E-state index in [2.05, 4.69) is 38.8 Å². The Kier molecular flexibility index (Phi) is 2.86. The quantitative estimate of drug-likeness (QED) is 0.516. The van der Waals surface area contributed by atoms with Crippen molar-refractivity contribution in [2.75, 3.05) is 0 Å². The molecule has 0 N–H and O–H groups in total. The summed E-state index contributed by atoms with van der Waals surface area (Å²) >= 11 is 6.08. The van der Waals surface area contributed by atoms with Crippen LogP contribution in [-0.2, 0) is 5.88 Å². The molecule has 3 nitrogen and oxygen atoms in total. The average molecular weight is 294 g/mol. The van der Waals surface area contributed by atoms with E-state index in [1.54, 1.807) is 6.20 Å². The molecule has 2 heterocycles. The second-order valence-corrected chi connectivity index (χ2v) is 5.13. The topological polar surface area (TPSA) is 30.7 Å². The van der Waals surface area contributed by atoms with Crippen LogP contribution in [0.25, 0.3) is 27.6 Å². The van der Waals surface area contributed by atoms with Crippen molar-refractivity contribution in [2.24, 2.45) is 0 Å². The van der Waals surface area contributed by atoms with Crippen LogP contribution in [0.15, 0.2) is 60.8 Å². The standard InChI is InChI=1S/C17H12ClN3/c18-11-17-20-15-5-1-2-6-16(15)21(17)13-7-8-14-12(10-13)4-3-9-19-14/h1-10H,11H2. The van der Waals surface area contributed by atoms with Crippen LogP contribution in [-0.4, -0.2) is 14.5 Å². The summed E-state index contributed by atoms with van der Waals surface area (Å²) in [5, 5.41) is 1.10. The summed E-state index contributed by atoms with van der Waals surface area (Å²) < 4.78 is 2.11. The molecule has 4 aromatic rings. The molecule has 2 aromatic carbocycles. The molecule has 0 saturated carbocycles. The van der Waals surface area contributed by atoms with Gasteiger partial charge in [-0.15, -0.1) is 11.6 Å². The van der Waals surface area contributed by atoms with Crippen molar-refractivity contribution in [3.8, 4) is 5.69 Å². The third-order valence-electron chi connectivity index (χ3n) is 3.59. The number of alkyl halides is 1. The van der Waals surface area contributed by atoms with Gasteiger partial charge in [0.15, 0.2) is 0 Å². The first-order valence-electron chi connectivity index (χ1n) is 6.74. The smallest absolute Gasteiger partial charge is 0.129 e. The van der Waals surface area contributed by atoms with Crippen molar-refractivity contribution < 1.29 is 0 Å². The van der Waals surface area contributed by atoms with Crippen molar-refractivity contribution in [1.82, 2.24) is 14.5 Å². The second-order valence-electron chi connectivity index (χ2n) is 4.87. The van der Waals surface area contributed by atoms with Crippen molar-refractivity contribution in [1.29, 1.82) is 0 Å². The average Bonchev–Trinajstić information content (AvgIpc) is 2.93. The fourth-order valence-corrected chi connectivity index (χ4v) is 2.84. The van der Waals surface area contributed by atoms with Crippen molar-refractivity contribution in [3.63, 3.8) is 0 Å². The Morgan fingerprint density at radius 3 is 2.76 bits per heavy atom. The summed E-state index contributed by atoms with van der Waals surface area (Å²) in [5.41, 5.74) is 4.06. The fourth-order valence-electron chi connectivity index (χ4n) is 2.66. The largest absolute Gasteiger partial charge is 0.295 e. The molecule has 0 bridgehead atoms. The molecule has 0 saturated heterocycles. The number of para-hydroxylation sites is 2. The minimum absolute atomic E-state index is 0.375. The van der Waals surface area contributed by atoms with E-state index in [1.807, 2.05) is 30.3 Å². The molecular formula is C17H12ClN3. The van der Waals surface area contributed by atoms with Crippen LogP contribution >= 0.6 is 11.6 Å². The van der Waals surface area contributed by atoms with Crippen LogP contribution in [0, 0.1) is 0 Å². The van der Waals surface area contributed by atoms with Crippen molar-refractivity contribution in [2.45, 2.75) is 5.88 Å². The van der Waals surface area contributed by atoms with E-state index >= 15 is 0 Å². The van der Waals surface area contributed by atoms with E-state index in [4.69, 9.17) is 11.6 Å². The lowest BCUT2D eigenvalue weighted by atomic mass is 10.2. The number of pyridine rings is 1. The van der Waals surface area contributed by atoms with Crippen LogP contribution in [0.4, 0.5) is 0 Å².